The van der Waals surface area contributed by atoms with Gasteiger partial charge >= 0.3 is 5.76 Å². The van der Waals surface area contributed by atoms with Gasteiger partial charge < -0.3 is 4.42 Å². The van der Waals surface area contributed by atoms with E-state index < -0.39 is 0 Å². The molecule has 2 aromatic rings. The van der Waals surface area contributed by atoms with E-state index in [-0.39, 0.29) is 5.76 Å². The van der Waals surface area contributed by atoms with Gasteiger partial charge in [0.1, 0.15) is 0 Å². The average Bonchev–Trinajstić information content (AvgIpc) is 2.42. The van der Waals surface area contributed by atoms with E-state index in [0.29, 0.717) is 11.3 Å². The summed E-state index contributed by atoms with van der Waals surface area (Å²) in [4.78, 5) is 11.1. The number of hydrogen-bond acceptors (Lipinski definition) is 3. The first-order chi connectivity index (χ1) is 6.22. The van der Waals surface area contributed by atoms with Crippen LogP contribution in [-0.2, 0) is 12.8 Å². The van der Waals surface area contributed by atoms with Crippen molar-refractivity contribution < 1.29 is 4.42 Å². The van der Waals surface area contributed by atoms with Crippen LogP contribution in [0.15, 0.2) is 27.4 Å². The molecule has 0 aliphatic heterocycles. The van der Waals surface area contributed by atoms with Crippen molar-refractivity contribution in [1.82, 2.24) is 4.57 Å². The third-order valence-corrected chi connectivity index (χ3v) is 2.40. The van der Waals surface area contributed by atoms with Gasteiger partial charge in [0.15, 0.2) is 5.58 Å². The smallest absolute Gasteiger partial charge is 0.408 e. The Kier molecular flexibility index (Phi) is 1.92. The number of nitrogens with zero attached hydrogens (tertiary/aromatic N) is 1. The molecule has 0 aliphatic rings. The van der Waals surface area contributed by atoms with E-state index in [0.717, 1.165) is 11.1 Å². The minimum absolute atomic E-state index is 0.327. The predicted octanol–water partition coefficient (Wildman–Crippen LogP) is 1.56. The van der Waals surface area contributed by atoms with Crippen LogP contribution in [0, 0.1) is 0 Å². The molecule has 1 aromatic heterocycles. The lowest BCUT2D eigenvalue weighted by Crippen LogP contribution is -2.08. The summed E-state index contributed by atoms with van der Waals surface area (Å²) in [5.74, 6) is 0.320. The highest BCUT2D eigenvalue weighted by Gasteiger charge is 2.04. The number of rotatable bonds is 1. The number of fused-ring (bicyclic) bond motifs is 1. The minimum Gasteiger partial charge on any atom is -0.408 e. The van der Waals surface area contributed by atoms with E-state index in [9.17, 15) is 4.79 Å². The molecule has 0 spiro atoms. The van der Waals surface area contributed by atoms with Crippen molar-refractivity contribution in [2.75, 3.05) is 0 Å². The maximum atomic E-state index is 11.1. The molecule has 0 radical (unpaired) electrons. The van der Waals surface area contributed by atoms with Gasteiger partial charge in [-0.15, -0.1) is 0 Å². The highest BCUT2D eigenvalue weighted by Crippen LogP contribution is 2.15. The number of aryl methyl sites for hydroxylation is 1. The second-order valence-corrected chi connectivity index (χ2v) is 3.20. The molecule has 0 aliphatic carbocycles. The SMILES string of the molecule is Cn1c(=O)oc2cc(CS)ccc21. The molecule has 68 valence electrons. The van der Waals surface area contributed by atoms with Gasteiger partial charge in [0.2, 0.25) is 0 Å². The number of hydrogen-bond donors (Lipinski definition) is 1. The fraction of sp³-hybridized carbons (Fsp3) is 0.222. The fourth-order valence-corrected chi connectivity index (χ4v) is 1.47. The van der Waals surface area contributed by atoms with Crippen LogP contribution in [0.25, 0.3) is 11.1 Å². The molecular weight excluding hydrogens is 186 g/mol. The van der Waals surface area contributed by atoms with E-state index in [2.05, 4.69) is 12.6 Å². The van der Waals surface area contributed by atoms with Crippen molar-refractivity contribution in [3.05, 3.63) is 34.3 Å². The quantitative estimate of drug-likeness (QED) is 0.701. The van der Waals surface area contributed by atoms with Gasteiger partial charge in [-0.1, -0.05) is 6.07 Å². The van der Waals surface area contributed by atoms with Crippen LogP contribution in [0.1, 0.15) is 5.56 Å². The van der Waals surface area contributed by atoms with Crippen LogP contribution in [0.2, 0.25) is 0 Å². The largest absolute Gasteiger partial charge is 0.419 e. The molecular formula is C9H9NO2S. The van der Waals surface area contributed by atoms with Crippen molar-refractivity contribution in [1.29, 1.82) is 0 Å². The molecule has 4 heteroatoms. The van der Waals surface area contributed by atoms with Gasteiger partial charge in [-0.25, -0.2) is 4.79 Å². The van der Waals surface area contributed by atoms with E-state index in [1.807, 2.05) is 18.2 Å². The fourth-order valence-electron chi connectivity index (χ4n) is 1.28. The Balaban J connectivity index is 2.80. The summed E-state index contributed by atoms with van der Waals surface area (Å²) in [6.45, 7) is 0. The van der Waals surface area contributed by atoms with Crippen molar-refractivity contribution in [2.45, 2.75) is 5.75 Å². The van der Waals surface area contributed by atoms with E-state index in [4.69, 9.17) is 4.42 Å². The molecule has 0 atom stereocenters. The number of benzene rings is 1. The normalized spacial score (nSPS) is 10.9. The lowest BCUT2D eigenvalue weighted by molar-refractivity contribution is 0.528. The third kappa shape index (κ3) is 1.27. The van der Waals surface area contributed by atoms with Gasteiger partial charge in [-0.3, -0.25) is 4.57 Å². The minimum atomic E-state index is -0.327. The summed E-state index contributed by atoms with van der Waals surface area (Å²) in [6.07, 6.45) is 0. The molecule has 2 rings (SSSR count). The van der Waals surface area contributed by atoms with Crippen molar-refractivity contribution in [2.24, 2.45) is 7.05 Å². The molecule has 3 nitrogen and oxygen atoms in total. The zero-order valence-corrected chi connectivity index (χ0v) is 8.04. The third-order valence-electron chi connectivity index (χ3n) is 2.04. The van der Waals surface area contributed by atoms with Crippen LogP contribution in [0.4, 0.5) is 0 Å². The average molecular weight is 195 g/mol. The van der Waals surface area contributed by atoms with Gasteiger partial charge in [0.05, 0.1) is 5.52 Å². The van der Waals surface area contributed by atoms with Gasteiger partial charge in [0, 0.05) is 12.8 Å². The first-order valence-electron chi connectivity index (χ1n) is 3.91. The maximum absolute atomic E-state index is 11.1. The zero-order valence-electron chi connectivity index (χ0n) is 7.15. The number of thiol groups is 1. The molecule has 13 heavy (non-hydrogen) atoms. The lowest BCUT2D eigenvalue weighted by Gasteiger charge is -1.94. The Hall–Kier alpha value is -1.16. The molecule has 0 N–H and O–H groups in total. The van der Waals surface area contributed by atoms with E-state index in [1.54, 1.807) is 7.05 Å². The first-order valence-corrected chi connectivity index (χ1v) is 4.55. The summed E-state index contributed by atoms with van der Waals surface area (Å²) >= 11 is 4.14. The Morgan fingerprint density at radius 2 is 2.31 bits per heavy atom. The van der Waals surface area contributed by atoms with Crippen LogP contribution in [0.3, 0.4) is 0 Å². The van der Waals surface area contributed by atoms with Crippen LogP contribution >= 0.6 is 12.6 Å². The predicted molar refractivity (Wildman–Crippen MR) is 54.1 cm³/mol. The molecule has 0 fully saturated rings. The van der Waals surface area contributed by atoms with Gasteiger partial charge in [-0.2, -0.15) is 12.6 Å². The second-order valence-electron chi connectivity index (χ2n) is 2.89. The van der Waals surface area contributed by atoms with Crippen molar-refractivity contribution in [3.8, 4) is 0 Å². The summed E-state index contributed by atoms with van der Waals surface area (Å²) in [5, 5.41) is 0. The maximum Gasteiger partial charge on any atom is 0.419 e. The molecule has 0 bridgehead atoms. The van der Waals surface area contributed by atoms with E-state index >= 15 is 0 Å². The molecule has 1 heterocycles. The Labute approximate surface area is 80.4 Å². The zero-order chi connectivity index (χ0) is 9.42. The molecule has 0 unspecified atom stereocenters. The molecule has 0 saturated carbocycles. The number of aromatic nitrogens is 1. The van der Waals surface area contributed by atoms with Gasteiger partial charge in [-0.05, 0) is 17.7 Å². The second kappa shape index (κ2) is 2.96. The highest BCUT2D eigenvalue weighted by atomic mass is 32.1. The van der Waals surface area contributed by atoms with Gasteiger partial charge in [0.25, 0.3) is 0 Å². The molecule has 1 aromatic carbocycles. The van der Waals surface area contributed by atoms with Crippen LogP contribution in [-0.4, -0.2) is 4.57 Å². The Bertz CT molecular complexity index is 498. The van der Waals surface area contributed by atoms with Crippen molar-refractivity contribution in [3.63, 3.8) is 0 Å². The highest BCUT2D eigenvalue weighted by molar-refractivity contribution is 7.79. The first kappa shape index (κ1) is 8.44. The van der Waals surface area contributed by atoms with Crippen LogP contribution in [0.5, 0.6) is 0 Å². The summed E-state index contributed by atoms with van der Waals surface area (Å²) < 4.78 is 6.50. The summed E-state index contributed by atoms with van der Waals surface area (Å²) in [6, 6.07) is 5.64. The number of oxazole rings is 1. The lowest BCUT2D eigenvalue weighted by atomic mass is 10.2. The Morgan fingerprint density at radius 1 is 1.54 bits per heavy atom. The monoisotopic (exact) mass is 195 g/mol. The topological polar surface area (TPSA) is 35.1 Å². The van der Waals surface area contributed by atoms with E-state index in [1.165, 1.54) is 4.57 Å². The molecule has 0 amide bonds. The van der Waals surface area contributed by atoms with Crippen molar-refractivity contribution >= 4 is 23.7 Å². The Morgan fingerprint density at radius 3 is 3.00 bits per heavy atom. The standard InChI is InChI=1S/C9H9NO2S/c1-10-7-3-2-6(5-13)4-8(7)12-9(10)11/h2-4,13H,5H2,1H3. The van der Waals surface area contributed by atoms with Crippen LogP contribution < -0.4 is 5.76 Å². The molecule has 0 saturated heterocycles. The summed E-state index contributed by atoms with van der Waals surface area (Å²) in [7, 11) is 1.69. The summed E-state index contributed by atoms with van der Waals surface area (Å²) in [5.41, 5.74) is 2.49.